The van der Waals surface area contributed by atoms with E-state index in [1.54, 1.807) is 0 Å². The molecule has 3 unspecified atom stereocenters. The fraction of sp³-hybridized carbons (Fsp3) is 1.00. The number of ether oxygens (including phenoxy) is 3. The molecule has 248 valence electrons. The molecular formula is C14H6F23IO3. The SMILES string of the molecule is FC(F)(F)C(F)(CCCI)OC(F)(F)C(F)(OC(F)(F)C(F)(OC(F)(F)C(F)(F)C(F)(F)F)C(F)(F)F)C(F)(F)F. The van der Waals surface area contributed by atoms with Gasteiger partial charge in [0, 0.05) is 6.42 Å². The van der Waals surface area contributed by atoms with Gasteiger partial charge in [-0.15, -0.1) is 0 Å². The third-order valence-electron chi connectivity index (χ3n) is 4.08. The Kier molecular flexibility index (Phi) is 10.9. The lowest BCUT2D eigenvalue weighted by molar-refractivity contribution is -0.579. The minimum absolute atomic E-state index is 0.687. The van der Waals surface area contributed by atoms with Gasteiger partial charge in [0.15, 0.2) is 0 Å². The molecule has 0 bridgehead atoms. The molecular weight excluding hydrogens is 780 g/mol. The van der Waals surface area contributed by atoms with Crippen LogP contribution in [0.2, 0.25) is 0 Å². The van der Waals surface area contributed by atoms with Crippen molar-refractivity contribution >= 4 is 22.6 Å². The van der Waals surface area contributed by atoms with Gasteiger partial charge in [-0.2, -0.15) is 96.6 Å². The minimum Gasteiger partial charge on any atom is -0.270 e. The minimum atomic E-state index is -8.62. The molecule has 0 spiro atoms. The Hall–Kier alpha value is -1.00. The molecule has 0 saturated heterocycles. The summed E-state index contributed by atoms with van der Waals surface area (Å²) in [5.41, 5.74) is 0. The third kappa shape index (κ3) is 7.39. The van der Waals surface area contributed by atoms with Crippen LogP contribution in [-0.4, -0.2) is 70.9 Å². The molecule has 0 amide bonds. The van der Waals surface area contributed by atoms with Crippen LogP contribution in [0.5, 0.6) is 0 Å². The first-order valence-corrected chi connectivity index (χ1v) is 10.5. The summed E-state index contributed by atoms with van der Waals surface area (Å²) in [6, 6.07) is 0. The normalized spacial score (nSPS) is 19.9. The van der Waals surface area contributed by atoms with Gasteiger partial charge in [0.05, 0.1) is 0 Å². The Labute approximate surface area is 222 Å². The third-order valence-corrected chi connectivity index (χ3v) is 4.85. The average molecular weight is 786 g/mol. The maximum absolute atomic E-state index is 14.2. The van der Waals surface area contributed by atoms with Gasteiger partial charge in [-0.05, 0) is 10.8 Å². The highest BCUT2D eigenvalue weighted by atomic mass is 127. The van der Waals surface area contributed by atoms with Gasteiger partial charge in [0.1, 0.15) is 0 Å². The number of alkyl halides is 24. The van der Waals surface area contributed by atoms with E-state index in [2.05, 4.69) is 0 Å². The van der Waals surface area contributed by atoms with Gasteiger partial charge < -0.3 is 0 Å². The monoisotopic (exact) mass is 786 g/mol. The van der Waals surface area contributed by atoms with E-state index < -0.39 is 83.8 Å². The summed E-state index contributed by atoms with van der Waals surface area (Å²) in [6.45, 7) is 0. The molecule has 0 aromatic carbocycles. The van der Waals surface area contributed by atoms with Crippen LogP contribution in [0.25, 0.3) is 0 Å². The number of hydrogen-bond donors (Lipinski definition) is 0. The predicted molar refractivity (Wildman–Crippen MR) is 86.9 cm³/mol. The van der Waals surface area contributed by atoms with Gasteiger partial charge in [0.2, 0.25) is 0 Å². The molecule has 0 radical (unpaired) electrons. The molecule has 41 heavy (non-hydrogen) atoms. The van der Waals surface area contributed by atoms with Crippen LogP contribution < -0.4 is 0 Å². The Morgan fingerprint density at radius 2 is 0.707 bits per heavy atom. The van der Waals surface area contributed by atoms with Crippen LogP contribution in [0.15, 0.2) is 0 Å². The first kappa shape index (κ1) is 40.0. The highest BCUT2D eigenvalue weighted by Gasteiger charge is 2.88. The summed E-state index contributed by atoms with van der Waals surface area (Å²) in [7, 11) is 0. The molecule has 3 atom stereocenters. The average Bonchev–Trinajstić information content (AvgIpc) is 2.67. The van der Waals surface area contributed by atoms with Gasteiger partial charge in [-0.25, -0.2) is 4.39 Å². The number of halogens is 24. The van der Waals surface area contributed by atoms with Crippen molar-refractivity contribution in [2.75, 3.05) is 4.43 Å². The van der Waals surface area contributed by atoms with E-state index in [-0.39, 0.29) is 0 Å². The lowest BCUT2D eigenvalue weighted by Gasteiger charge is -2.43. The molecule has 0 heterocycles. The Morgan fingerprint density at radius 3 is 0.976 bits per heavy atom. The van der Waals surface area contributed by atoms with E-state index >= 15 is 0 Å². The summed E-state index contributed by atoms with van der Waals surface area (Å²) in [4.78, 5) is 0. The van der Waals surface area contributed by atoms with Gasteiger partial charge >= 0.3 is 66.5 Å². The molecule has 0 N–H and O–H groups in total. The highest BCUT2D eigenvalue weighted by molar-refractivity contribution is 14.1. The predicted octanol–water partition coefficient (Wildman–Crippen LogP) is 8.91. The Morgan fingerprint density at radius 1 is 0.390 bits per heavy atom. The summed E-state index contributed by atoms with van der Waals surface area (Å²) >= 11 is 1.07. The molecule has 0 aliphatic carbocycles. The van der Waals surface area contributed by atoms with Crippen LogP contribution >= 0.6 is 22.6 Å². The van der Waals surface area contributed by atoms with Crippen LogP contribution in [0.1, 0.15) is 12.8 Å². The van der Waals surface area contributed by atoms with Crippen LogP contribution in [0.4, 0.5) is 101 Å². The van der Waals surface area contributed by atoms with Crippen molar-refractivity contribution in [3.05, 3.63) is 0 Å². The summed E-state index contributed by atoms with van der Waals surface area (Å²) in [5, 5.41) is 0. The van der Waals surface area contributed by atoms with Crippen molar-refractivity contribution < 1.29 is 115 Å². The molecule has 0 saturated carbocycles. The largest absolute Gasteiger partial charge is 0.462 e. The first-order chi connectivity index (χ1) is 17.4. The van der Waals surface area contributed by atoms with Gasteiger partial charge in [0.25, 0.3) is 0 Å². The van der Waals surface area contributed by atoms with E-state index in [0.29, 0.717) is 0 Å². The second-order valence-corrected chi connectivity index (χ2v) is 8.21. The Balaban J connectivity index is 7.17. The molecule has 0 aliphatic heterocycles. The number of hydrogen-bond acceptors (Lipinski definition) is 3. The fourth-order valence-electron chi connectivity index (χ4n) is 2.03. The molecule has 0 aliphatic rings. The maximum atomic E-state index is 14.2. The quantitative estimate of drug-likeness (QED) is 0.113. The van der Waals surface area contributed by atoms with Crippen molar-refractivity contribution in [2.24, 2.45) is 0 Å². The molecule has 0 aromatic rings. The molecule has 0 aromatic heterocycles. The maximum Gasteiger partial charge on any atom is 0.462 e. The lowest BCUT2D eigenvalue weighted by Crippen LogP contribution is -2.70. The number of rotatable bonds is 12. The van der Waals surface area contributed by atoms with Crippen LogP contribution in [0, 0.1) is 0 Å². The molecule has 0 rings (SSSR count). The zero-order chi connectivity index (χ0) is 33.7. The van der Waals surface area contributed by atoms with Crippen LogP contribution in [-0.2, 0) is 14.2 Å². The second kappa shape index (κ2) is 11.2. The summed E-state index contributed by atoms with van der Waals surface area (Å²) < 4.78 is 305. The van der Waals surface area contributed by atoms with Gasteiger partial charge in [-0.1, -0.05) is 22.6 Å². The zero-order valence-electron chi connectivity index (χ0n) is 17.9. The summed E-state index contributed by atoms with van der Waals surface area (Å²) in [6.07, 6.45) is -60.1. The van der Waals surface area contributed by atoms with Crippen molar-refractivity contribution in [3.63, 3.8) is 0 Å². The van der Waals surface area contributed by atoms with E-state index in [4.69, 9.17) is 0 Å². The molecule has 27 heteroatoms. The van der Waals surface area contributed by atoms with E-state index in [0.717, 1.165) is 27.3 Å². The van der Waals surface area contributed by atoms with Crippen molar-refractivity contribution in [3.8, 4) is 0 Å². The van der Waals surface area contributed by atoms with Crippen molar-refractivity contribution in [2.45, 2.75) is 79.4 Å². The smallest absolute Gasteiger partial charge is 0.270 e. The van der Waals surface area contributed by atoms with E-state index in [9.17, 15) is 101 Å². The lowest BCUT2D eigenvalue weighted by atomic mass is 10.1. The molecule has 3 nitrogen and oxygen atoms in total. The Bertz CT molecular complexity index is 892. The first-order valence-electron chi connectivity index (χ1n) is 8.94. The topological polar surface area (TPSA) is 27.7 Å². The second-order valence-electron chi connectivity index (χ2n) is 7.13. The highest BCUT2D eigenvalue weighted by Crippen LogP contribution is 2.59. The summed E-state index contributed by atoms with van der Waals surface area (Å²) in [5.74, 6) is -31.3. The van der Waals surface area contributed by atoms with E-state index in [1.165, 1.54) is 4.74 Å². The van der Waals surface area contributed by atoms with Crippen molar-refractivity contribution in [1.29, 1.82) is 0 Å². The van der Waals surface area contributed by atoms with Crippen LogP contribution in [0.3, 0.4) is 0 Å². The van der Waals surface area contributed by atoms with Crippen molar-refractivity contribution in [1.82, 2.24) is 0 Å². The fourth-order valence-corrected chi connectivity index (χ4v) is 2.41. The standard InChI is InChI=1S/C14H6F23IO3/c15-4(2-1-3-38,8(20,21)22)39-13(34,35)6(18,10(26,27)28)41-14(36,37)7(19,11(29,30)31)40-12(32,33)5(16,17)9(23,24)25/h1-3H2. The van der Waals surface area contributed by atoms with Gasteiger partial charge in [-0.3, -0.25) is 14.2 Å². The van der Waals surface area contributed by atoms with E-state index in [1.807, 2.05) is 4.74 Å². The molecule has 0 fully saturated rings. The zero-order valence-corrected chi connectivity index (χ0v) is 20.1.